The highest BCUT2D eigenvalue weighted by Gasteiger charge is 2.16. The lowest BCUT2D eigenvalue weighted by atomic mass is 10.0. The van der Waals surface area contributed by atoms with Crippen molar-refractivity contribution in [3.63, 3.8) is 0 Å². The highest BCUT2D eigenvalue weighted by Crippen LogP contribution is 2.26. The first-order valence-corrected chi connectivity index (χ1v) is 9.58. The molecule has 3 rings (SSSR count). The van der Waals surface area contributed by atoms with Gasteiger partial charge in [0.2, 0.25) is 0 Å². The Kier molecular flexibility index (Phi) is 4.95. The molecule has 6 heteroatoms. The molecule has 0 saturated carbocycles. The van der Waals surface area contributed by atoms with Gasteiger partial charge in [0.1, 0.15) is 5.75 Å². The van der Waals surface area contributed by atoms with Crippen LogP contribution in [0.15, 0.2) is 64.6 Å². The molecule has 0 aliphatic heterocycles. The Hall–Kier alpha value is -2.86. The molecule has 0 bridgehead atoms. The van der Waals surface area contributed by atoms with Crippen LogP contribution in [0.4, 0.5) is 0 Å². The van der Waals surface area contributed by atoms with Gasteiger partial charge in [-0.2, -0.15) is 13.5 Å². The third-order valence-corrected chi connectivity index (χ3v) is 5.51. The van der Waals surface area contributed by atoms with Crippen LogP contribution in [0.5, 0.6) is 5.75 Å². The molecule has 0 unspecified atom stereocenters. The average molecular weight is 368 g/mol. The van der Waals surface area contributed by atoms with Crippen LogP contribution < -0.4 is 9.57 Å². The molecule has 0 amide bonds. The summed E-state index contributed by atoms with van der Waals surface area (Å²) in [5.74, 6) is 0.624. The molecule has 5 nitrogen and oxygen atoms in total. The van der Waals surface area contributed by atoms with Crippen LogP contribution in [0, 0.1) is 13.8 Å². The van der Waals surface area contributed by atoms with Gasteiger partial charge >= 0.3 is 0 Å². The van der Waals surface area contributed by atoms with E-state index in [4.69, 9.17) is 4.74 Å². The molecule has 134 valence electrons. The fourth-order valence-corrected chi connectivity index (χ4v) is 3.92. The van der Waals surface area contributed by atoms with Gasteiger partial charge in [0.25, 0.3) is 10.0 Å². The second-order valence-corrected chi connectivity index (χ2v) is 7.65. The molecule has 0 radical (unpaired) electrons. The quantitative estimate of drug-likeness (QED) is 0.550. The molecule has 3 aromatic rings. The highest BCUT2D eigenvalue weighted by molar-refractivity contribution is 7.89. The highest BCUT2D eigenvalue weighted by atomic mass is 32.2. The number of sulfonamides is 1. The molecule has 3 aromatic carbocycles. The lowest BCUT2D eigenvalue weighted by Crippen LogP contribution is -2.19. The predicted octanol–water partition coefficient (Wildman–Crippen LogP) is 3.78. The minimum Gasteiger partial charge on any atom is -0.496 e. The standard InChI is InChI=1S/C20H20N2O3S/c1-14-8-9-15(2)20(12-14)26(23,24)22-21-13-18-17-7-5-4-6-16(17)10-11-19(18)25-3/h4-13,22H,1-3H3/b21-13+. The first-order valence-electron chi connectivity index (χ1n) is 8.10. The van der Waals surface area contributed by atoms with Gasteiger partial charge in [-0.25, -0.2) is 4.83 Å². The SMILES string of the molecule is COc1ccc2ccccc2c1/C=N/NS(=O)(=O)c1cc(C)ccc1C. The normalized spacial score (nSPS) is 11.8. The zero-order chi connectivity index (χ0) is 18.7. The Balaban J connectivity index is 1.96. The number of benzene rings is 3. The number of aryl methyl sites for hydroxylation is 2. The largest absolute Gasteiger partial charge is 0.496 e. The topological polar surface area (TPSA) is 67.8 Å². The van der Waals surface area contributed by atoms with E-state index in [-0.39, 0.29) is 4.90 Å². The third kappa shape index (κ3) is 3.55. The summed E-state index contributed by atoms with van der Waals surface area (Å²) in [6.45, 7) is 3.61. The Morgan fingerprint density at radius 1 is 1.04 bits per heavy atom. The Labute approximate surface area is 153 Å². The van der Waals surface area contributed by atoms with Crippen molar-refractivity contribution in [3.8, 4) is 5.75 Å². The van der Waals surface area contributed by atoms with Gasteiger partial charge in [0, 0.05) is 5.56 Å². The molecule has 0 aromatic heterocycles. The Morgan fingerprint density at radius 3 is 2.58 bits per heavy atom. The number of hydrogen-bond donors (Lipinski definition) is 1. The summed E-state index contributed by atoms with van der Waals surface area (Å²) in [6, 6.07) is 16.9. The number of rotatable bonds is 5. The van der Waals surface area contributed by atoms with Crippen LogP contribution in [0.1, 0.15) is 16.7 Å². The van der Waals surface area contributed by atoms with Crippen molar-refractivity contribution in [2.45, 2.75) is 18.7 Å². The summed E-state index contributed by atoms with van der Waals surface area (Å²) in [6.07, 6.45) is 1.48. The smallest absolute Gasteiger partial charge is 0.276 e. The van der Waals surface area contributed by atoms with E-state index < -0.39 is 10.0 Å². The maximum atomic E-state index is 12.6. The lowest BCUT2D eigenvalue weighted by Gasteiger charge is -2.10. The molecule has 0 aliphatic carbocycles. The second kappa shape index (κ2) is 7.17. The molecular weight excluding hydrogens is 348 g/mol. The van der Waals surface area contributed by atoms with Crippen LogP contribution in [-0.2, 0) is 10.0 Å². The summed E-state index contributed by atoms with van der Waals surface area (Å²) in [4.78, 5) is 2.52. The van der Waals surface area contributed by atoms with E-state index in [9.17, 15) is 8.42 Å². The fraction of sp³-hybridized carbons (Fsp3) is 0.150. The minimum atomic E-state index is -3.75. The van der Waals surface area contributed by atoms with Crippen molar-refractivity contribution < 1.29 is 13.2 Å². The van der Waals surface area contributed by atoms with E-state index in [2.05, 4.69) is 9.93 Å². The number of hydrogen-bond acceptors (Lipinski definition) is 4. The van der Waals surface area contributed by atoms with Gasteiger partial charge in [-0.3, -0.25) is 0 Å². The first-order chi connectivity index (χ1) is 12.4. The Morgan fingerprint density at radius 2 is 1.81 bits per heavy atom. The van der Waals surface area contributed by atoms with E-state index in [0.717, 1.165) is 16.3 Å². The van der Waals surface area contributed by atoms with Gasteiger partial charge in [-0.1, -0.05) is 42.5 Å². The summed E-state index contributed by atoms with van der Waals surface area (Å²) in [5.41, 5.74) is 2.26. The average Bonchev–Trinajstić information content (AvgIpc) is 2.63. The van der Waals surface area contributed by atoms with Gasteiger partial charge in [-0.15, -0.1) is 0 Å². The number of methoxy groups -OCH3 is 1. The number of fused-ring (bicyclic) bond motifs is 1. The monoisotopic (exact) mass is 368 g/mol. The van der Waals surface area contributed by atoms with Crippen LogP contribution in [0.25, 0.3) is 10.8 Å². The van der Waals surface area contributed by atoms with Crippen LogP contribution >= 0.6 is 0 Å². The summed E-state index contributed by atoms with van der Waals surface area (Å²) in [5, 5.41) is 5.93. The van der Waals surface area contributed by atoms with Gasteiger partial charge in [0.05, 0.1) is 18.2 Å². The summed E-state index contributed by atoms with van der Waals surface area (Å²) < 4.78 is 30.5. The predicted molar refractivity (Wildman–Crippen MR) is 104 cm³/mol. The van der Waals surface area contributed by atoms with E-state index >= 15 is 0 Å². The molecule has 0 aliphatic rings. The molecule has 0 atom stereocenters. The molecular formula is C20H20N2O3S. The molecule has 1 N–H and O–H groups in total. The number of hydrazone groups is 1. The van der Waals surface area contributed by atoms with E-state index in [1.54, 1.807) is 26.2 Å². The van der Waals surface area contributed by atoms with Crippen LogP contribution in [-0.4, -0.2) is 21.7 Å². The van der Waals surface area contributed by atoms with E-state index in [0.29, 0.717) is 16.9 Å². The molecule has 0 fully saturated rings. The van der Waals surface area contributed by atoms with Crippen molar-refractivity contribution in [1.29, 1.82) is 0 Å². The molecule has 26 heavy (non-hydrogen) atoms. The minimum absolute atomic E-state index is 0.222. The van der Waals surface area contributed by atoms with Crippen LogP contribution in [0.3, 0.4) is 0 Å². The van der Waals surface area contributed by atoms with Gasteiger partial charge in [0.15, 0.2) is 0 Å². The van der Waals surface area contributed by atoms with Crippen molar-refractivity contribution in [1.82, 2.24) is 4.83 Å². The number of nitrogens with one attached hydrogen (secondary N) is 1. The fourth-order valence-electron chi connectivity index (χ4n) is 2.79. The summed E-state index contributed by atoms with van der Waals surface area (Å²) >= 11 is 0. The van der Waals surface area contributed by atoms with Crippen LogP contribution in [0.2, 0.25) is 0 Å². The molecule has 0 saturated heterocycles. The maximum Gasteiger partial charge on any atom is 0.276 e. The maximum absolute atomic E-state index is 12.6. The lowest BCUT2D eigenvalue weighted by molar-refractivity contribution is 0.415. The van der Waals surface area contributed by atoms with Crippen molar-refractivity contribution in [2.24, 2.45) is 5.10 Å². The Bertz CT molecular complexity index is 1090. The van der Waals surface area contributed by atoms with Crippen molar-refractivity contribution >= 4 is 27.0 Å². The zero-order valence-electron chi connectivity index (χ0n) is 14.9. The third-order valence-electron chi connectivity index (χ3n) is 4.15. The van der Waals surface area contributed by atoms with Crippen molar-refractivity contribution in [3.05, 3.63) is 71.3 Å². The first kappa shape index (κ1) is 17.9. The zero-order valence-corrected chi connectivity index (χ0v) is 15.7. The number of nitrogens with zero attached hydrogens (tertiary/aromatic N) is 1. The summed E-state index contributed by atoms with van der Waals surface area (Å²) in [7, 11) is -2.17. The molecule has 0 spiro atoms. The van der Waals surface area contributed by atoms with Gasteiger partial charge in [-0.05, 0) is 47.9 Å². The van der Waals surface area contributed by atoms with Gasteiger partial charge < -0.3 is 4.74 Å². The number of ether oxygens (including phenoxy) is 1. The van der Waals surface area contributed by atoms with E-state index in [1.807, 2.05) is 49.4 Å². The molecule has 0 heterocycles. The van der Waals surface area contributed by atoms with Crippen molar-refractivity contribution in [2.75, 3.05) is 7.11 Å². The second-order valence-electron chi connectivity index (χ2n) is 6.02. The van der Waals surface area contributed by atoms with E-state index in [1.165, 1.54) is 6.21 Å².